The van der Waals surface area contributed by atoms with Gasteiger partial charge in [-0.2, -0.15) is 0 Å². The van der Waals surface area contributed by atoms with E-state index < -0.39 is 5.60 Å². The van der Waals surface area contributed by atoms with Crippen LogP contribution in [-0.4, -0.2) is 42.3 Å². The van der Waals surface area contributed by atoms with Crippen molar-refractivity contribution in [1.82, 2.24) is 10.2 Å². The van der Waals surface area contributed by atoms with E-state index in [2.05, 4.69) is 19.2 Å². The highest BCUT2D eigenvalue weighted by atomic mass is 16.6. The Hall–Kier alpha value is -0.770. The summed E-state index contributed by atoms with van der Waals surface area (Å²) in [4.78, 5) is 13.9. The van der Waals surface area contributed by atoms with Gasteiger partial charge in [0, 0.05) is 19.1 Å². The molecule has 2 unspecified atom stereocenters. The zero-order valence-electron chi connectivity index (χ0n) is 13.2. The standard InChI is InChI=1S/C15H30N2O2/c1-6-12(2)10-16-13-8-7-9-17(11-13)14(18)19-15(3,4)5/h12-13,16H,6-11H2,1-5H3. The molecule has 1 rings (SSSR count). The molecule has 1 aliphatic rings. The van der Waals surface area contributed by atoms with E-state index in [1.54, 1.807) is 0 Å². The van der Waals surface area contributed by atoms with Crippen molar-refractivity contribution in [2.75, 3.05) is 19.6 Å². The summed E-state index contributed by atoms with van der Waals surface area (Å²) in [6.07, 6.45) is 3.21. The van der Waals surface area contributed by atoms with Crippen LogP contribution in [-0.2, 0) is 4.74 Å². The average molecular weight is 270 g/mol. The number of nitrogens with one attached hydrogen (secondary N) is 1. The third-order valence-electron chi connectivity index (χ3n) is 3.52. The SMILES string of the molecule is CCC(C)CNC1CCCN(C(=O)OC(C)(C)C)C1. The van der Waals surface area contributed by atoms with E-state index in [0.29, 0.717) is 12.0 Å². The molecule has 19 heavy (non-hydrogen) atoms. The number of amides is 1. The van der Waals surface area contributed by atoms with E-state index >= 15 is 0 Å². The number of ether oxygens (including phenoxy) is 1. The van der Waals surface area contributed by atoms with Crippen molar-refractivity contribution in [2.45, 2.75) is 65.5 Å². The minimum atomic E-state index is -0.409. The smallest absolute Gasteiger partial charge is 0.410 e. The van der Waals surface area contributed by atoms with Gasteiger partial charge in [0.2, 0.25) is 0 Å². The first kappa shape index (κ1) is 16.3. The van der Waals surface area contributed by atoms with Gasteiger partial charge in [-0.1, -0.05) is 20.3 Å². The van der Waals surface area contributed by atoms with Crippen molar-refractivity contribution in [3.8, 4) is 0 Å². The maximum atomic E-state index is 12.0. The van der Waals surface area contributed by atoms with E-state index in [0.717, 1.165) is 32.5 Å². The predicted octanol–water partition coefficient (Wildman–Crippen LogP) is 3.02. The zero-order valence-corrected chi connectivity index (χ0v) is 13.2. The lowest BCUT2D eigenvalue weighted by Gasteiger charge is -2.35. The molecule has 0 aromatic carbocycles. The fourth-order valence-corrected chi connectivity index (χ4v) is 2.15. The summed E-state index contributed by atoms with van der Waals surface area (Å²) >= 11 is 0. The average Bonchev–Trinajstić information content (AvgIpc) is 2.34. The Labute approximate surface area is 117 Å². The second-order valence-corrected chi connectivity index (χ2v) is 6.69. The van der Waals surface area contributed by atoms with Gasteiger partial charge in [0.25, 0.3) is 0 Å². The molecule has 1 N–H and O–H groups in total. The number of hydrogen-bond donors (Lipinski definition) is 1. The van der Waals surface area contributed by atoms with Gasteiger partial charge in [-0.05, 0) is 46.1 Å². The minimum Gasteiger partial charge on any atom is -0.444 e. The van der Waals surface area contributed by atoms with Crippen LogP contribution in [0.5, 0.6) is 0 Å². The quantitative estimate of drug-likeness (QED) is 0.854. The Morgan fingerprint density at radius 1 is 1.47 bits per heavy atom. The highest BCUT2D eigenvalue weighted by Crippen LogP contribution is 2.15. The maximum absolute atomic E-state index is 12.0. The number of nitrogens with zero attached hydrogens (tertiary/aromatic N) is 1. The monoisotopic (exact) mass is 270 g/mol. The van der Waals surface area contributed by atoms with E-state index in [9.17, 15) is 4.79 Å². The topological polar surface area (TPSA) is 41.6 Å². The molecule has 2 atom stereocenters. The summed E-state index contributed by atoms with van der Waals surface area (Å²) in [5.41, 5.74) is -0.409. The molecule has 0 spiro atoms. The molecule has 0 aromatic heterocycles. The molecule has 0 radical (unpaired) electrons. The summed E-state index contributed by atoms with van der Waals surface area (Å²) in [7, 11) is 0. The predicted molar refractivity (Wildman–Crippen MR) is 78.3 cm³/mol. The van der Waals surface area contributed by atoms with Crippen LogP contribution in [0.25, 0.3) is 0 Å². The molecule has 4 heteroatoms. The Balaban J connectivity index is 2.39. The van der Waals surface area contributed by atoms with Crippen molar-refractivity contribution in [1.29, 1.82) is 0 Å². The molecule has 0 saturated carbocycles. The molecule has 1 fully saturated rings. The van der Waals surface area contributed by atoms with Gasteiger partial charge in [0.05, 0.1) is 0 Å². The summed E-state index contributed by atoms with van der Waals surface area (Å²) in [6.45, 7) is 12.8. The molecule has 0 aromatic rings. The largest absolute Gasteiger partial charge is 0.444 e. The first-order valence-electron chi connectivity index (χ1n) is 7.53. The molecule has 112 valence electrons. The van der Waals surface area contributed by atoms with Crippen LogP contribution in [0.2, 0.25) is 0 Å². The highest BCUT2D eigenvalue weighted by Gasteiger charge is 2.27. The van der Waals surface area contributed by atoms with Crippen LogP contribution < -0.4 is 5.32 Å². The summed E-state index contributed by atoms with van der Waals surface area (Å²) in [5.74, 6) is 0.692. The third-order valence-corrected chi connectivity index (χ3v) is 3.52. The Morgan fingerprint density at radius 3 is 2.74 bits per heavy atom. The van der Waals surface area contributed by atoms with Crippen LogP contribution in [0, 0.1) is 5.92 Å². The second kappa shape index (κ2) is 7.13. The Kier molecular flexibility index (Phi) is 6.11. The Bertz CT molecular complexity index is 286. The number of hydrogen-bond acceptors (Lipinski definition) is 3. The molecular weight excluding hydrogens is 240 g/mol. The summed E-state index contributed by atoms with van der Waals surface area (Å²) < 4.78 is 5.43. The fourth-order valence-electron chi connectivity index (χ4n) is 2.15. The highest BCUT2D eigenvalue weighted by molar-refractivity contribution is 5.68. The minimum absolute atomic E-state index is 0.178. The summed E-state index contributed by atoms with van der Waals surface area (Å²) in [6, 6.07) is 0.412. The fraction of sp³-hybridized carbons (Fsp3) is 0.933. The second-order valence-electron chi connectivity index (χ2n) is 6.69. The lowest BCUT2D eigenvalue weighted by molar-refractivity contribution is 0.0186. The molecular formula is C15H30N2O2. The lowest BCUT2D eigenvalue weighted by Crippen LogP contribution is -2.50. The number of carbonyl (C=O) groups excluding carboxylic acids is 1. The van der Waals surface area contributed by atoms with Crippen molar-refractivity contribution in [2.24, 2.45) is 5.92 Å². The molecule has 1 saturated heterocycles. The molecule has 0 aliphatic carbocycles. The van der Waals surface area contributed by atoms with Crippen molar-refractivity contribution >= 4 is 6.09 Å². The van der Waals surface area contributed by atoms with Crippen LogP contribution in [0.3, 0.4) is 0 Å². The number of piperidine rings is 1. The molecule has 1 heterocycles. The molecule has 0 bridgehead atoms. The lowest BCUT2D eigenvalue weighted by atomic mass is 10.0. The van der Waals surface area contributed by atoms with Crippen LogP contribution in [0.4, 0.5) is 4.79 Å². The van der Waals surface area contributed by atoms with Gasteiger partial charge in [-0.25, -0.2) is 4.79 Å². The molecule has 1 aliphatic heterocycles. The maximum Gasteiger partial charge on any atom is 0.410 e. The number of rotatable bonds is 4. The summed E-state index contributed by atoms with van der Waals surface area (Å²) in [5, 5.41) is 3.57. The van der Waals surface area contributed by atoms with Crippen LogP contribution >= 0.6 is 0 Å². The van der Waals surface area contributed by atoms with E-state index in [4.69, 9.17) is 4.74 Å². The molecule has 4 nitrogen and oxygen atoms in total. The first-order chi connectivity index (χ1) is 8.81. The number of carbonyl (C=O) groups is 1. The normalized spacial score (nSPS) is 22.2. The Morgan fingerprint density at radius 2 is 2.16 bits per heavy atom. The third kappa shape index (κ3) is 6.28. The zero-order chi connectivity index (χ0) is 14.5. The van der Waals surface area contributed by atoms with E-state index in [1.165, 1.54) is 6.42 Å². The van der Waals surface area contributed by atoms with E-state index in [-0.39, 0.29) is 6.09 Å². The van der Waals surface area contributed by atoms with Gasteiger partial charge in [0.15, 0.2) is 0 Å². The number of likely N-dealkylation sites (tertiary alicyclic amines) is 1. The van der Waals surface area contributed by atoms with Crippen molar-refractivity contribution in [3.05, 3.63) is 0 Å². The van der Waals surface area contributed by atoms with Gasteiger partial charge in [-0.3, -0.25) is 0 Å². The van der Waals surface area contributed by atoms with Gasteiger partial charge < -0.3 is 15.0 Å². The van der Waals surface area contributed by atoms with Crippen LogP contribution in [0.1, 0.15) is 53.9 Å². The first-order valence-corrected chi connectivity index (χ1v) is 7.53. The van der Waals surface area contributed by atoms with Gasteiger partial charge >= 0.3 is 6.09 Å². The van der Waals surface area contributed by atoms with Crippen molar-refractivity contribution in [3.63, 3.8) is 0 Å². The van der Waals surface area contributed by atoms with Crippen molar-refractivity contribution < 1.29 is 9.53 Å². The molecule has 1 amide bonds. The van der Waals surface area contributed by atoms with E-state index in [1.807, 2.05) is 25.7 Å². The van der Waals surface area contributed by atoms with Crippen LogP contribution in [0.15, 0.2) is 0 Å². The van der Waals surface area contributed by atoms with Gasteiger partial charge in [-0.15, -0.1) is 0 Å². The van der Waals surface area contributed by atoms with Gasteiger partial charge in [0.1, 0.15) is 5.60 Å².